The van der Waals surface area contributed by atoms with Gasteiger partial charge in [0.2, 0.25) is 6.41 Å². The van der Waals surface area contributed by atoms with Crippen LogP contribution in [0.5, 0.6) is 0 Å². The lowest BCUT2D eigenvalue weighted by Crippen LogP contribution is -2.41. The maximum Gasteiger partial charge on any atom is 0.210 e. The Morgan fingerprint density at radius 2 is 2.00 bits per heavy atom. The van der Waals surface area contributed by atoms with Crippen LogP contribution in [0.15, 0.2) is 0 Å². The van der Waals surface area contributed by atoms with Crippen molar-refractivity contribution >= 4 is 6.41 Å². The van der Waals surface area contributed by atoms with Crippen LogP contribution in [-0.2, 0) is 4.79 Å². The first-order chi connectivity index (χ1) is 4.52. The number of hydrogen-bond donors (Lipinski definition) is 0. The Hall–Kier alpha value is -0.600. The lowest BCUT2D eigenvalue weighted by Gasteiger charge is -2.31. The molecule has 0 aromatic rings. The molecule has 0 bridgehead atoms. The van der Waals surface area contributed by atoms with Gasteiger partial charge in [-0.2, -0.15) is 0 Å². The lowest BCUT2D eigenvalue weighted by molar-refractivity contribution is -0.122. The summed E-state index contributed by atoms with van der Waals surface area (Å²) in [5.74, 6) is 0. The van der Waals surface area contributed by atoms with Crippen molar-refractivity contribution in [2.75, 3.05) is 13.2 Å². The molecule has 10 heavy (non-hydrogen) atoms. The highest BCUT2D eigenvalue weighted by Gasteiger charge is 2.18. The van der Waals surface area contributed by atoms with Gasteiger partial charge in [0.25, 0.3) is 0 Å². The Morgan fingerprint density at radius 1 is 1.50 bits per heavy atom. The number of carbonyl (C=O) groups excluding carboxylic acids is 1. The predicted octanol–water partition coefficient (Wildman–Crippen LogP) is 1.21. The third-order valence-electron chi connectivity index (χ3n) is 1.31. The highest BCUT2D eigenvalue weighted by atomic mass is 19.1. The predicted molar refractivity (Wildman–Crippen MR) is 38.5 cm³/mol. The Labute approximate surface area is 61.0 Å². The summed E-state index contributed by atoms with van der Waals surface area (Å²) in [6.07, 6.45) is 0.680. The zero-order valence-corrected chi connectivity index (χ0v) is 6.72. The van der Waals surface area contributed by atoms with E-state index in [1.54, 1.807) is 0 Å². The van der Waals surface area contributed by atoms with Crippen molar-refractivity contribution in [2.24, 2.45) is 0 Å². The second-order valence-corrected chi connectivity index (χ2v) is 3.16. The fraction of sp³-hybridized carbons (Fsp3) is 0.857. The zero-order chi connectivity index (χ0) is 8.20. The smallest absolute Gasteiger partial charge is 0.210 e. The molecule has 0 saturated carbocycles. The van der Waals surface area contributed by atoms with Gasteiger partial charge in [-0.1, -0.05) is 0 Å². The van der Waals surface area contributed by atoms with Crippen LogP contribution < -0.4 is 0 Å². The Bertz CT molecular complexity index is 109. The van der Waals surface area contributed by atoms with Crippen LogP contribution in [0.3, 0.4) is 0 Å². The van der Waals surface area contributed by atoms with Crippen LogP contribution in [0.25, 0.3) is 0 Å². The van der Waals surface area contributed by atoms with E-state index in [0.717, 1.165) is 0 Å². The van der Waals surface area contributed by atoms with Crippen molar-refractivity contribution in [1.82, 2.24) is 4.90 Å². The van der Waals surface area contributed by atoms with Gasteiger partial charge < -0.3 is 4.90 Å². The highest BCUT2D eigenvalue weighted by molar-refractivity contribution is 5.48. The molecule has 0 saturated heterocycles. The third kappa shape index (κ3) is 2.80. The van der Waals surface area contributed by atoms with Crippen molar-refractivity contribution in [3.8, 4) is 0 Å². The second-order valence-electron chi connectivity index (χ2n) is 3.16. The Kier molecular flexibility index (Phi) is 3.33. The van der Waals surface area contributed by atoms with Crippen molar-refractivity contribution in [3.63, 3.8) is 0 Å². The fourth-order valence-corrected chi connectivity index (χ4v) is 0.637. The van der Waals surface area contributed by atoms with E-state index in [9.17, 15) is 9.18 Å². The van der Waals surface area contributed by atoms with Gasteiger partial charge >= 0.3 is 0 Å². The maximum absolute atomic E-state index is 11.8. The number of amides is 1. The Morgan fingerprint density at radius 3 is 2.10 bits per heavy atom. The number of nitrogens with zero attached hydrogens (tertiary/aromatic N) is 1. The van der Waals surface area contributed by atoms with Gasteiger partial charge in [0.05, 0.1) is 0 Å². The normalized spacial score (nSPS) is 11.2. The number of alkyl halides is 1. The van der Waals surface area contributed by atoms with Crippen LogP contribution in [0.1, 0.15) is 20.8 Å². The van der Waals surface area contributed by atoms with E-state index < -0.39 is 6.67 Å². The molecule has 0 unspecified atom stereocenters. The van der Waals surface area contributed by atoms with E-state index in [-0.39, 0.29) is 12.1 Å². The minimum Gasteiger partial charge on any atom is -0.338 e. The SMILES string of the molecule is CC(C)(C)N(C=O)CCF. The first-order valence-electron chi connectivity index (χ1n) is 3.30. The average Bonchev–Trinajstić information content (AvgIpc) is 1.80. The molecule has 0 rings (SSSR count). The summed E-state index contributed by atoms with van der Waals surface area (Å²) in [6, 6.07) is 0. The van der Waals surface area contributed by atoms with Gasteiger partial charge in [-0.25, -0.2) is 4.39 Å². The molecule has 0 aliphatic rings. The molecule has 0 N–H and O–H groups in total. The van der Waals surface area contributed by atoms with Crippen LogP contribution >= 0.6 is 0 Å². The van der Waals surface area contributed by atoms with Crippen LogP contribution in [0.2, 0.25) is 0 Å². The van der Waals surface area contributed by atoms with Gasteiger partial charge in [-0.15, -0.1) is 0 Å². The molecule has 0 heterocycles. The fourth-order valence-electron chi connectivity index (χ4n) is 0.637. The summed E-state index contributed by atoms with van der Waals surface area (Å²) in [5, 5.41) is 0. The molecule has 1 amide bonds. The molecule has 0 aromatic carbocycles. The molecule has 0 aliphatic heterocycles. The van der Waals surface area contributed by atoms with E-state index in [4.69, 9.17) is 0 Å². The maximum atomic E-state index is 11.8. The monoisotopic (exact) mass is 147 g/mol. The lowest BCUT2D eigenvalue weighted by atomic mass is 10.1. The molecule has 0 radical (unpaired) electrons. The first kappa shape index (κ1) is 9.40. The summed E-state index contributed by atoms with van der Waals surface area (Å²) in [7, 11) is 0. The molecule has 2 nitrogen and oxygen atoms in total. The van der Waals surface area contributed by atoms with Crippen LogP contribution in [-0.4, -0.2) is 30.1 Å². The molecule has 0 aliphatic carbocycles. The van der Waals surface area contributed by atoms with E-state index in [2.05, 4.69) is 0 Å². The standard InChI is InChI=1S/C7H14FNO/c1-7(2,3)9(6-10)5-4-8/h6H,4-5H2,1-3H3. The molecule has 0 spiro atoms. The summed E-state index contributed by atoms with van der Waals surface area (Å²) < 4.78 is 11.8. The summed E-state index contributed by atoms with van der Waals surface area (Å²) in [6.45, 7) is 5.33. The van der Waals surface area contributed by atoms with Gasteiger partial charge in [-0.05, 0) is 20.8 Å². The number of rotatable bonds is 3. The van der Waals surface area contributed by atoms with Gasteiger partial charge in [-0.3, -0.25) is 4.79 Å². The minimum absolute atomic E-state index is 0.188. The average molecular weight is 147 g/mol. The summed E-state index contributed by atoms with van der Waals surface area (Å²) in [4.78, 5) is 11.7. The Balaban J connectivity index is 3.93. The van der Waals surface area contributed by atoms with E-state index in [0.29, 0.717) is 6.41 Å². The summed E-state index contributed by atoms with van der Waals surface area (Å²) in [5.41, 5.74) is -0.256. The summed E-state index contributed by atoms with van der Waals surface area (Å²) >= 11 is 0. The molecule has 0 atom stereocenters. The van der Waals surface area contributed by atoms with E-state index in [1.807, 2.05) is 20.8 Å². The van der Waals surface area contributed by atoms with Crippen molar-refractivity contribution in [2.45, 2.75) is 26.3 Å². The largest absolute Gasteiger partial charge is 0.338 e. The number of carbonyl (C=O) groups is 1. The van der Waals surface area contributed by atoms with Crippen LogP contribution in [0.4, 0.5) is 4.39 Å². The third-order valence-corrected chi connectivity index (χ3v) is 1.31. The van der Waals surface area contributed by atoms with Gasteiger partial charge in [0.1, 0.15) is 6.67 Å². The van der Waals surface area contributed by atoms with Crippen molar-refractivity contribution < 1.29 is 9.18 Å². The zero-order valence-electron chi connectivity index (χ0n) is 6.72. The van der Waals surface area contributed by atoms with Crippen molar-refractivity contribution in [1.29, 1.82) is 0 Å². The van der Waals surface area contributed by atoms with Gasteiger partial charge in [0.15, 0.2) is 0 Å². The quantitative estimate of drug-likeness (QED) is 0.549. The molecule has 0 aromatic heterocycles. The van der Waals surface area contributed by atoms with Crippen LogP contribution in [0, 0.1) is 0 Å². The van der Waals surface area contributed by atoms with E-state index in [1.165, 1.54) is 4.90 Å². The molecule has 0 fully saturated rings. The minimum atomic E-state index is -0.476. The topological polar surface area (TPSA) is 20.3 Å². The molecular weight excluding hydrogens is 133 g/mol. The number of halogens is 1. The number of hydrogen-bond acceptors (Lipinski definition) is 1. The van der Waals surface area contributed by atoms with Gasteiger partial charge in [0, 0.05) is 12.1 Å². The van der Waals surface area contributed by atoms with Crippen molar-refractivity contribution in [3.05, 3.63) is 0 Å². The molecular formula is C7H14FNO. The highest BCUT2D eigenvalue weighted by Crippen LogP contribution is 2.09. The first-order valence-corrected chi connectivity index (χ1v) is 3.30. The second kappa shape index (κ2) is 3.54. The molecule has 3 heteroatoms. The molecule has 60 valence electrons. The van der Waals surface area contributed by atoms with E-state index >= 15 is 0 Å².